The molecule has 8 heteroatoms. The van der Waals surface area contributed by atoms with Crippen molar-refractivity contribution in [3.8, 4) is 0 Å². The summed E-state index contributed by atoms with van der Waals surface area (Å²) in [4.78, 5) is 0. The molecule has 1 spiro atoms. The van der Waals surface area contributed by atoms with Gasteiger partial charge in [0.15, 0.2) is 11.5 Å². The van der Waals surface area contributed by atoms with Crippen molar-refractivity contribution in [3.63, 3.8) is 0 Å². The zero-order valence-electron chi connectivity index (χ0n) is 8.33. The highest BCUT2D eigenvalue weighted by Crippen LogP contribution is 2.32. The Hall–Kier alpha value is -1.67. The first-order chi connectivity index (χ1) is 7.74. The van der Waals surface area contributed by atoms with Gasteiger partial charge in [0.05, 0.1) is 26.1 Å². The molecule has 2 fully saturated rings. The minimum Gasteiger partial charge on any atom is -0.411 e. The third-order valence-electron chi connectivity index (χ3n) is 2.58. The van der Waals surface area contributed by atoms with Crippen LogP contribution in [0.5, 0.6) is 0 Å². The molecule has 0 amide bonds. The topological polar surface area (TPSA) is 116 Å². The molecule has 8 nitrogen and oxygen atoms in total. The summed E-state index contributed by atoms with van der Waals surface area (Å²) in [5.74, 6) is -0.975. The van der Waals surface area contributed by atoms with Gasteiger partial charge >= 0.3 is 0 Å². The minimum absolute atomic E-state index is 0.0588. The normalized spacial score (nSPS) is 29.1. The quantitative estimate of drug-likeness (QED) is 0.399. The van der Waals surface area contributed by atoms with E-state index in [2.05, 4.69) is 15.5 Å². The Morgan fingerprint density at radius 1 is 0.875 bits per heavy atom. The average molecular weight is 229 g/mol. The maximum absolute atomic E-state index is 8.80. The van der Waals surface area contributed by atoms with Gasteiger partial charge in [0.1, 0.15) is 11.4 Å². The predicted octanol–water partition coefficient (Wildman–Crippen LogP) is 0.0139. The smallest absolute Gasteiger partial charge is 0.179 e. The van der Waals surface area contributed by atoms with Crippen LogP contribution in [-0.4, -0.2) is 51.8 Å². The summed E-state index contributed by atoms with van der Waals surface area (Å²) < 4.78 is 10.8. The molecular formula is C8H11N3O5. The first-order valence-corrected chi connectivity index (χ1v) is 4.67. The zero-order chi connectivity index (χ0) is 11.6. The number of hydrogen-bond acceptors (Lipinski definition) is 8. The molecule has 1 aliphatic carbocycles. The van der Waals surface area contributed by atoms with E-state index in [9.17, 15) is 0 Å². The maximum Gasteiger partial charge on any atom is 0.179 e. The molecule has 1 saturated heterocycles. The molecule has 16 heavy (non-hydrogen) atoms. The van der Waals surface area contributed by atoms with Crippen molar-refractivity contribution in [2.24, 2.45) is 15.5 Å². The van der Waals surface area contributed by atoms with E-state index >= 15 is 0 Å². The maximum atomic E-state index is 8.80. The lowest BCUT2D eigenvalue weighted by atomic mass is 9.89. The highest BCUT2D eigenvalue weighted by Gasteiger charge is 2.46. The van der Waals surface area contributed by atoms with Gasteiger partial charge in [0.2, 0.25) is 0 Å². The summed E-state index contributed by atoms with van der Waals surface area (Å²) in [6.45, 7) is 0.839. The number of ether oxygens (including phenoxy) is 2. The van der Waals surface area contributed by atoms with Crippen molar-refractivity contribution in [2.45, 2.75) is 18.6 Å². The lowest BCUT2D eigenvalue weighted by Gasteiger charge is -2.31. The van der Waals surface area contributed by atoms with Gasteiger partial charge in [-0.25, -0.2) is 0 Å². The zero-order valence-corrected chi connectivity index (χ0v) is 8.33. The van der Waals surface area contributed by atoms with Crippen LogP contribution < -0.4 is 0 Å². The van der Waals surface area contributed by atoms with Gasteiger partial charge in [-0.1, -0.05) is 15.5 Å². The van der Waals surface area contributed by atoms with Gasteiger partial charge < -0.3 is 25.1 Å². The van der Waals surface area contributed by atoms with Crippen LogP contribution in [0.1, 0.15) is 12.8 Å². The molecule has 0 radical (unpaired) electrons. The molecule has 0 unspecified atom stereocenters. The molecule has 0 aromatic rings. The SMILES string of the molecule is ON=C1/C(=N\O)CC2(C/C1=N/O)OCCO2. The van der Waals surface area contributed by atoms with Crippen LogP contribution >= 0.6 is 0 Å². The minimum atomic E-state index is -0.975. The first-order valence-electron chi connectivity index (χ1n) is 4.67. The Morgan fingerprint density at radius 2 is 1.38 bits per heavy atom. The molecule has 0 atom stereocenters. The van der Waals surface area contributed by atoms with Gasteiger partial charge in [-0.05, 0) is 0 Å². The van der Waals surface area contributed by atoms with E-state index < -0.39 is 5.79 Å². The second kappa shape index (κ2) is 4.06. The van der Waals surface area contributed by atoms with E-state index in [0.29, 0.717) is 13.2 Å². The second-order valence-electron chi connectivity index (χ2n) is 3.50. The van der Waals surface area contributed by atoms with Gasteiger partial charge in [0, 0.05) is 0 Å². The molecule has 2 rings (SSSR count). The van der Waals surface area contributed by atoms with Crippen molar-refractivity contribution < 1.29 is 25.1 Å². The number of oxime groups is 3. The Balaban J connectivity index is 2.34. The summed E-state index contributed by atoms with van der Waals surface area (Å²) in [5.41, 5.74) is 0.0571. The van der Waals surface area contributed by atoms with Gasteiger partial charge in [-0.15, -0.1) is 0 Å². The molecule has 3 N–H and O–H groups in total. The molecule has 2 aliphatic rings. The molecule has 0 aromatic heterocycles. The highest BCUT2D eigenvalue weighted by atomic mass is 16.7. The van der Waals surface area contributed by atoms with Gasteiger partial charge in [-0.2, -0.15) is 0 Å². The van der Waals surface area contributed by atoms with Crippen molar-refractivity contribution >= 4 is 17.1 Å². The summed E-state index contributed by atoms with van der Waals surface area (Å²) in [6.07, 6.45) is 0.282. The van der Waals surface area contributed by atoms with Crippen LogP contribution in [0.3, 0.4) is 0 Å². The molecule has 1 saturated carbocycles. The van der Waals surface area contributed by atoms with E-state index in [1.54, 1.807) is 0 Å². The van der Waals surface area contributed by atoms with E-state index in [-0.39, 0.29) is 30.0 Å². The monoisotopic (exact) mass is 229 g/mol. The Morgan fingerprint density at radius 3 is 1.75 bits per heavy atom. The third kappa shape index (κ3) is 1.61. The largest absolute Gasteiger partial charge is 0.411 e. The Bertz CT molecular complexity index is 344. The van der Waals surface area contributed by atoms with E-state index in [4.69, 9.17) is 25.1 Å². The highest BCUT2D eigenvalue weighted by molar-refractivity contribution is 6.69. The third-order valence-corrected chi connectivity index (χ3v) is 2.58. The Kier molecular flexibility index (Phi) is 2.75. The lowest BCUT2D eigenvalue weighted by molar-refractivity contribution is -0.145. The molecule has 0 bridgehead atoms. The molecule has 1 aliphatic heterocycles. The number of nitrogens with zero attached hydrogens (tertiary/aromatic N) is 3. The van der Waals surface area contributed by atoms with Crippen LogP contribution in [0, 0.1) is 0 Å². The fraction of sp³-hybridized carbons (Fsp3) is 0.625. The molecule has 0 aromatic carbocycles. The summed E-state index contributed by atoms with van der Waals surface area (Å²) in [5, 5.41) is 35.3. The van der Waals surface area contributed by atoms with E-state index in [1.807, 2.05) is 0 Å². The van der Waals surface area contributed by atoms with Crippen molar-refractivity contribution in [3.05, 3.63) is 0 Å². The molecule has 1 heterocycles. The van der Waals surface area contributed by atoms with Crippen molar-refractivity contribution in [1.82, 2.24) is 0 Å². The van der Waals surface area contributed by atoms with Crippen LogP contribution in [0.15, 0.2) is 15.5 Å². The van der Waals surface area contributed by atoms with Gasteiger partial charge in [0.25, 0.3) is 0 Å². The average Bonchev–Trinajstić information content (AvgIpc) is 2.76. The van der Waals surface area contributed by atoms with Crippen LogP contribution in [0.4, 0.5) is 0 Å². The number of rotatable bonds is 0. The summed E-state index contributed by atoms with van der Waals surface area (Å²) in [6, 6.07) is 0. The van der Waals surface area contributed by atoms with Crippen LogP contribution in [0.2, 0.25) is 0 Å². The van der Waals surface area contributed by atoms with Crippen LogP contribution in [0.25, 0.3) is 0 Å². The summed E-state index contributed by atoms with van der Waals surface area (Å²) in [7, 11) is 0. The Labute approximate surface area is 90.4 Å². The van der Waals surface area contributed by atoms with Crippen molar-refractivity contribution in [1.29, 1.82) is 0 Å². The van der Waals surface area contributed by atoms with Crippen LogP contribution in [-0.2, 0) is 9.47 Å². The standard InChI is InChI=1S/C8H11N3O5/c12-9-5-3-8(15-1-2-16-8)4-6(10-13)7(5)11-14/h12-14H,1-4H2/b9-5-,10-6-. The first kappa shape index (κ1) is 10.8. The summed E-state index contributed by atoms with van der Waals surface area (Å²) >= 11 is 0. The van der Waals surface area contributed by atoms with Crippen molar-refractivity contribution in [2.75, 3.05) is 13.2 Å². The van der Waals surface area contributed by atoms with Gasteiger partial charge in [-0.3, -0.25) is 0 Å². The van der Waals surface area contributed by atoms with E-state index in [1.165, 1.54) is 0 Å². The van der Waals surface area contributed by atoms with E-state index in [0.717, 1.165) is 0 Å². The molecule has 88 valence electrons. The lowest BCUT2D eigenvalue weighted by Crippen LogP contribution is -2.46. The fourth-order valence-electron chi connectivity index (χ4n) is 1.89. The predicted molar refractivity (Wildman–Crippen MR) is 51.5 cm³/mol. The fourth-order valence-corrected chi connectivity index (χ4v) is 1.89. The number of hydrogen-bond donors (Lipinski definition) is 3. The molecular weight excluding hydrogens is 218 g/mol. The second-order valence-corrected chi connectivity index (χ2v) is 3.50.